The molecule has 1 heterocycles. The van der Waals surface area contributed by atoms with E-state index in [1.165, 1.54) is 12.3 Å². The van der Waals surface area contributed by atoms with Gasteiger partial charge in [-0.25, -0.2) is 17.9 Å². The molecule has 2 aromatic rings. The molecule has 4 nitrogen and oxygen atoms in total. The Morgan fingerprint density at radius 3 is 2.59 bits per heavy atom. The molecule has 0 bridgehead atoms. The van der Waals surface area contributed by atoms with Crippen molar-refractivity contribution in [1.29, 1.82) is 0 Å². The third-order valence-electron chi connectivity index (χ3n) is 4.12. The topological polar surface area (TPSA) is 73.1 Å². The molecule has 0 amide bonds. The Balaban J connectivity index is 1.58. The average Bonchev–Trinajstić information content (AvgIpc) is 3.24. The molecule has 2 N–H and O–H groups in total. The summed E-state index contributed by atoms with van der Waals surface area (Å²) >= 11 is 0. The molecule has 1 aliphatic carbocycles. The summed E-state index contributed by atoms with van der Waals surface area (Å²) in [5.41, 5.74) is 2.05. The highest BCUT2D eigenvalue weighted by Crippen LogP contribution is 2.50. The van der Waals surface area contributed by atoms with Gasteiger partial charge in [0.25, 0.3) is 0 Å². The van der Waals surface area contributed by atoms with Crippen LogP contribution in [0.4, 0.5) is 4.39 Å². The monoisotopic (exact) mass is 320 g/mol. The van der Waals surface area contributed by atoms with Gasteiger partial charge in [-0.3, -0.25) is 4.98 Å². The summed E-state index contributed by atoms with van der Waals surface area (Å²) in [6, 6.07) is 8.28. The van der Waals surface area contributed by atoms with Gasteiger partial charge in [-0.15, -0.1) is 0 Å². The van der Waals surface area contributed by atoms with Gasteiger partial charge in [0.1, 0.15) is 5.82 Å². The summed E-state index contributed by atoms with van der Waals surface area (Å²) in [5, 5.41) is 5.09. The van der Waals surface area contributed by atoms with Crippen LogP contribution in [0, 0.1) is 11.7 Å². The number of primary sulfonamides is 1. The third kappa shape index (κ3) is 3.51. The molecule has 0 saturated heterocycles. The van der Waals surface area contributed by atoms with E-state index in [0.29, 0.717) is 11.8 Å². The van der Waals surface area contributed by atoms with E-state index in [1.807, 2.05) is 12.1 Å². The fourth-order valence-corrected chi connectivity index (χ4v) is 3.34. The van der Waals surface area contributed by atoms with Gasteiger partial charge in [-0.1, -0.05) is 12.1 Å². The Morgan fingerprint density at radius 1 is 1.23 bits per heavy atom. The van der Waals surface area contributed by atoms with Gasteiger partial charge in [-0.05, 0) is 60.4 Å². The van der Waals surface area contributed by atoms with Crippen molar-refractivity contribution >= 4 is 10.0 Å². The molecule has 2 atom stereocenters. The summed E-state index contributed by atoms with van der Waals surface area (Å²) in [6.45, 7) is 0. The van der Waals surface area contributed by atoms with Crippen molar-refractivity contribution in [3.8, 4) is 0 Å². The van der Waals surface area contributed by atoms with Crippen LogP contribution in [-0.2, 0) is 16.4 Å². The molecule has 2 unspecified atom stereocenters. The van der Waals surface area contributed by atoms with Crippen LogP contribution in [0.3, 0.4) is 0 Å². The van der Waals surface area contributed by atoms with Gasteiger partial charge in [0, 0.05) is 6.20 Å². The number of sulfonamides is 1. The molecule has 22 heavy (non-hydrogen) atoms. The van der Waals surface area contributed by atoms with Gasteiger partial charge in [-0.2, -0.15) is 0 Å². The number of hydrogen-bond acceptors (Lipinski definition) is 3. The lowest BCUT2D eigenvalue weighted by atomic mass is 10.0. The predicted octanol–water partition coefficient (Wildman–Crippen LogP) is 2.60. The average molecular weight is 320 g/mol. The number of rotatable bonds is 5. The Hall–Kier alpha value is -1.79. The zero-order chi connectivity index (χ0) is 15.7. The van der Waals surface area contributed by atoms with Gasteiger partial charge < -0.3 is 0 Å². The predicted molar refractivity (Wildman–Crippen MR) is 81.2 cm³/mol. The van der Waals surface area contributed by atoms with Crippen molar-refractivity contribution in [2.45, 2.75) is 30.1 Å². The van der Waals surface area contributed by atoms with Crippen LogP contribution in [-0.4, -0.2) is 13.4 Å². The van der Waals surface area contributed by atoms with E-state index >= 15 is 0 Å². The molecule has 0 aliphatic heterocycles. The van der Waals surface area contributed by atoms with E-state index in [1.54, 1.807) is 18.3 Å². The fraction of sp³-hybridized carbons (Fsp3) is 0.312. The zero-order valence-corrected chi connectivity index (χ0v) is 12.8. The van der Waals surface area contributed by atoms with E-state index in [2.05, 4.69) is 4.98 Å². The molecule has 3 rings (SSSR count). The minimum Gasteiger partial charge on any atom is -0.261 e. The molecule has 6 heteroatoms. The van der Waals surface area contributed by atoms with E-state index < -0.39 is 10.0 Å². The van der Waals surface area contributed by atoms with Crippen molar-refractivity contribution in [2.75, 3.05) is 0 Å². The first kappa shape index (κ1) is 15.1. The second-order valence-electron chi connectivity index (χ2n) is 5.77. The van der Waals surface area contributed by atoms with E-state index in [9.17, 15) is 12.8 Å². The second kappa shape index (κ2) is 5.78. The maximum atomic E-state index is 13.1. The van der Waals surface area contributed by atoms with Crippen LogP contribution in [0.1, 0.15) is 29.9 Å². The summed E-state index contributed by atoms with van der Waals surface area (Å²) in [4.78, 5) is 3.99. The van der Waals surface area contributed by atoms with Crippen LogP contribution in [0.5, 0.6) is 0 Å². The largest absolute Gasteiger partial charge is 0.261 e. The maximum Gasteiger partial charge on any atom is 0.238 e. The summed E-state index contributed by atoms with van der Waals surface area (Å²) in [7, 11) is -3.63. The molecule has 1 aromatic heterocycles. The molecular weight excluding hydrogens is 303 g/mol. The second-order valence-corrected chi connectivity index (χ2v) is 7.33. The Kier molecular flexibility index (Phi) is 3.97. The van der Waals surface area contributed by atoms with Gasteiger partial charge in [0.05, 0.1) is 11.1 Å². The van der Waals surface area contributed by atoms with Gasteiger partial charge >= 0.3 is 0 Å². The van der Waals surface area contributed by atoms with Crippen molar-refractivity contribution < 1.29 is 12.8 Å². The molecular formula is C16H17FN2O2S. The molecule has 1 fully saturated rings. The summed E-state index contributed by atoms with van der Waals surface area (Å²) in [6.07, 6.45) is 5.77. The highest BCUT2D eigenvalue weighted by Gasteiger charge is 2.37. The van der Waals surface area contributed by atoms with E-state index in [0.717, 1.165) is 30.4 Å². The number of aromatic nitrogens is 1. The number of nitrogens with zero attached hydrogens (tertiary/aromatic N) is 1. The molecule has 0 radical (unpaired) electrons. The third-order valence-corrected chi connectivity index (χ3v) is 5.05. The van der Waals surface area contributed by atoms with Crippen molar-refractivity contribution in [1.82, 2.24) is 4.98 Å². The minimum absolute atomic E-state index is 0.138. The molecule has 1 aromatic carbocycles. The van der Waals surface area contributed by atoms with Crippen LogP contribution in [0.25, 0.3) is 0 Å². The smallest absolute Gasteiger partial charge is 0.238 e. The van der Waals surface area contributed by atoms with E-state index in [4.69, 9.17) is 5.14 Å². The first-order chi connectivity index (χ1) is 10.4. The van der Waals surface area contributed by atoms with Crippen molar-refractivity contribution in [3.05, 3.63) is 59.7 Å². The highest BCUT2D eigenvalue weighted by molar-refractivity contribution is 7.89. The summed E-state index contributed by atoms with van der Waals surface area (Å²) < 4.78 is 35.5. The lowest BCUT2D eigenvalue weighted by Crippen LogP contribution is -2.11. The zero-order valence-electron chi connectivity index (χ0n) is 11.9. The van der Waals surface area contributed by atoms with E-state index in [-0.39, 0.29) is 10.7 Å². The summed E-state index contributed by atoms with van der Waals surface area (Å²) in [5.74, 6) is 0.711. The van der Waals surface area contributed by atoms with Crippen LogP contribution >= 0.6 is 0 Å². The van der Waals surface area contributed by atoms with Crippen LogP contribution in [0.15, 0.2) is 47.6 Å². The molecule has 116 valence electrons. The SMILES string of the molecule is NS(=O)(=O)c1ccc(C2CC2CCc2cncc(F)c2)cc1. The fourth-order valence-electron chi connectivity index (χ4n) is 2.82. The first-order valence-corrected chi connectivity index (χ1v) is 8.70. The number of nitrogens with two attached hydrogens (primary N) is 1. The Bertz CT molecular complexity index is 775. The lowest BCUT2D eigenvalue weighted by molar-refractivity contribution is 0.597. The van der Waals surface area contributed by atoms with Crippen LogP contribution in [0.2, 0.25) is 0 Å². The molecule has 1 aliphatic rings. The maximum absolute atomic E-state index is 13.1. The Morgan fingerprint density at radius 2 is 1.95 bits per heavy atom. The standard InChI is InChI=1S/C16H17FN2O2S/c17-14-7-11(9-19-10-14)1-2-13-8-16(13)12-3-5-15(6-4-12)22(18,20)21/h3-7,9-10,13,16H,1-2,8H2,(H2,18,20,21). The van der Waals surface area contributed by atoms with Gasteiger partial charge in [0.15, 0.2) is 0 Å². The van der Waals surface area contributed by atoms with Crippen LogP contribution < -0.4 is 5.14 Å². The quantitative estimate of drug-likeness (QED) is 0.920. The Labute approximate surface area is 129 Å². The number of pyridine rings is 1. The number of halogens is 1. The van der Waals surface area contributed by atoms with Crippen molar-refractivity contribution in [2.24, 2.45) is 11.1 Å². The number of hydrogen-bond donors (Lipinski definition) is 1. The normalized spacial score (nSPS) is 20.8. The first-order valence-electron chi connectivity index (χ1n) is 7.15. The molecule has 0 spiro atoms. The highest BCUT2D eigenvalue weighted by atomic mass is 32.2. The molecule has 1 saturated carbocycles. The number of benzene rings is 1. The van der Waals surface area contributed by atoms with Crippen molar-refractivity contribution in [3.63, 3.8) is 0 Å². The lowest BCUT2D eigenvalue weighted by Gasteiger charge is -2.03. The van der Waals surface area contributed by atoms with Gasteiger partial charge in [0.2, 0.25) is 10.0 Å². The minimum atomic E-state index is -3.63. The number of aryl methyl sites for hydroxylation is 1.